The zero-order chi connectivity index (χ0) is 12.3. The van der Waals surface area contributed by atoms with E-state index in [1.54, 1.807) is 0 Å². The lowest BCUT2D eigenvalue weighted by Crippen LogP contribution is -2.92. The van der Waals surface area contributed by atoms with Gasteiger partial charge >= 0.3 is 0 Å². The molecule has 3 heteroatoms. The Morgan fingerprint density at radius 3 is 2.44 bits per heavy atom. The summed E-state index contributed by atoms with van der Waals surface area (Å²) in [5.41, 5.74) is 0. The molecule has 104 valence electrons. The lowest BCUT2D eigenvalue weighted by molar-refractivity contribution is -0.697. The van der Waals surface area contributed by atoms with E-state index in [0.29, 0.717) is 6.10 Å². The molecule has 1 saturated heterocycles. The highest BCUT2D eigenvalue weighted by Crippen LogP contribution is 2.37. The largest absolute Gasteiger partial charge is 0.347 e. The van der Waals surface area contributed by atoms with Crippen molar-refractivity contribution in [3.63, 3.8) is 0 Å². The summed E-state index contributed by atoms with van der Waals surface area (Å²) in [7, 11) is 0. The molecule has 1 aliphatic heterocycles. The lowest BCUT2D eigenvalue weighted by atomic mass is 9.94. The highest BCUT2D eigenvalue weighted by atomic mass is 16.7. The van der Waals surface area contributed by atoms with Gasteiger partial charge in [0, 0.05) is 12.8 Å². The summed E-state index contributed by atoms with van der Waals surface area (Å²) in [6, 6.07) is 0.852. The second-order valence-corrected chi connectivity index (χ2v) is 6.39. The van der Waals surface area contributed by atoms with E-state index in [1.165, 1.54) is 51.4 Å². The first-order valence-corrected chi connectivity index (χ1v) is 8.01. The number of hydrogen-bond donors (Lipinski definition) is 1. The Morgan fingerprint density at radius 2 is 1.67 bits per heavy atom. The third kappa shape index (κ3) is 3.06. The average Bonchev–Trinajstić information content (AvgIpc) is 2.82. The summed E-state index contributed by atoms with van der Waals surface area (Å²) in [5, 5.41) is 2.52. The normalized spacial score (nSPS) is 33.0. The maximum Gasteiger partial charge on any atom is 0.169 e. The minimum absolute atomic E-state index is 0.177. The van der Waals surface area contributed by atoms with Crippen molar-refractivity contribution in [1.82, 2.24) is 0 Å². The van der Waals surface area contributed by atoms with Gasteiger partial charge < -0.3 is 14.8 Å². The molecule has 1 heterocycles. The summed E-state index contributed by atoms with van der Waals surface area (Å²) in [6.45, 7) is 1.93. The van der Waals surface area contributed by atoms with E-state index in [9.17, 15) is 0 Å². The van der Waals surface area contributed by atoms with Gasteiger partial charge in [-0.05, 0) is 38.5 Å². The first kappa shape index (κ1) is 12.9. The van der Waals surface area contributed by atoms with Crippen LogP contribution in [0.3, 0.4) is 0 Å². The molecule has 0 aromatic heterocycles. The molecule has 3 rings (SSSR count). The molecule has 2 N–H and O–H groups in total. The Labute approximate surface area is 111 Å². The van der Waals surface area contributed by atoms with Crippen molar-refractivity contribution in [2.45, 2.75) is 82.1 Å². The Kier molecular flexibility index (Phi) is 4.22. The second kappa shape index (κ2) is 5.89. The van der Waals surface area contributed by atoms with Crippen LogP contribution in [0.15, 0.2) is 0 Å². The molecule has 0 aromatic rings. The molecule has 0 bridgehead atoms. The number of nitrogens with two attached hydrogens (primary N) is 1. The van der Waals surface area contributed by atoms with Crippen LogP contribution in [-0.2, 0) is 9.47 Å². The fourth-order valence-corrected chi connectivity index (χ4v) is 3.80. The van der Waals surface area contributed by atoms with E-state index < -0.39 is 0 Å². The van der Waals surface area contributed by atoms with Gasteiger partial charge in [-0.3, -0.25) is 0 Å². The molecule has 1 atom stereocenters. The van der Waals surface area contributed by atoms with Crippen LogP contribution in [0.2, 0.25) is 0 Å². The van der Waals surface area contributed by atoms with E-state index in [-0.39, 0.29) is 5.79 Å². The highest BCUT2D eigenvalue weighted by molar-refractivity contribution is 4.82. The fraction of sp³-hybridized carbons (Fsp3) is 1.00. The first-order chi connectivity index (χ1) is 8.86. The third-order valence-electron chi connectivity index (χ3n) is 4.91. The van der Waals surface area contributed by atoms with Gasteiger partial charge in [-0.15, -0.1) is 0 Å². The molecule has 18 heavy (non-hydrogen) atoms. The van der Waals surface area contributed by atoms with Gasteiger partial charge in [0.2, 0.25) is 0 Å². The quantitative estimate of drug-likeness (QED) is 0.835. The van der Waals surface area contributed by atoms with Crippen LogP contribution in [0.4, 0.5) is 0 Å². The summed E-state index contributed by atoms with van der Waals surface area (Å²) in [6.07, 6.45) is 13.6. The lowest BCUT2D eigenvalue weighted by Gasteiger charge is -2.31. The van der Waals surface area contributed by atoms with Crippen LogP contribution >= 0.6 is 0 Å². The molecule has 2 aliphatic carbocycles. The number of quaternary nitrogens is 1. The molecule has 3 nitrogen and oxygen atoms in total. The second-order valence-electron chi connectivity index (χ2n) is 6.39. The molecule has 0 radical (unpaired) electrons. The van der Waals surface area contributed by atoms with E-state index in [2.05, 4.69) is 5.32 Å². The Balaban J connectivity index is 1.41. The standard InChI is InChI=1S/C15H27NO2/c1-3-7-13(8-4-1)16-11-14-12-17-15(18-14)9-5-2-6-10-15/h13-14,16H,1-12H2/p+1/t14-/m0/s1. The summed E-state index contributed by atoms with van der Waals surface area (Å²) in [5.74, 6) is -0.177. The molecular formula is C15H28NO2+. The third-order valence-corrected chi connectivity index (χ3v) is 4.91. The average molecular weight is 254 g/mol. The molecule has 3 fully saturated rings. The summed E-state index contributed by atoms with van der Waals surface area (Å²) >= 11 is 0. The SMILES string of the molecule is C1CCC([NH2+]C[C@H]2COC3(CCCCC3)O2)CC1. The van der Waals surface area contributed by atoms with Crippen molar-refractivity contribution in [3.05, 3.63) is 0 Å². The van der Waals surface area contributed by atoms with Crippen molar-refractivity contribution in [2.75, 3.05) is 13.2 Å². The van der Waals surface area contributed by atoms with Crippen molar-refractivity contribution in [3.8, 4) is 0 Å². The van der Waals surface area contributed by atoms with Gasteiger partial charge in [0.05, 0.1) is 12.6 Å². The van der Waals surface area contributed by atoms with E-state index in [0.717, 1.165) is 32.0 Å². The maximum absolute atomic E-state index is 6.23. The van der Waals surface area contributed by atoms with E-state index in [4.69, 9.17) is 9.47 Å². The van der Waals surface area contributed by atoms with E-state index >= 15 is 0 Å². The van der Waals surface area contributed by atoms with Gasteiger partial charge in [0.25, 0.3) is 0 Å². The van der Waals surface area contributed by atoms with Crippen LogP contribution in [0.1, 0.15) is 64.2 Å². The monoisotopic (exact) mass is 254 g/mol. The fourth-order valence-electron chi connectivity index (χ4n) is 3.80. The number of hydrogen-bond acceptors (Lipinski definition) is 2. The van der Waals surface area contributed by atoms with Crippen molar-refractivity contribution in [1.29, 1.82) is 0 Å². The zero-order valence-electron chi connectivity index (χ0n) is 11.5. The topological polar surface area (TPSA) is 35.1 Å². The molecule has 2 saturated carbocycles. The van der Waals surface area contributed by atoms with Gasteiger partial charge in [-0.1, -0.05) is 12.8 Å². The first-order valence-electron chi connectivity index (χ1n) is 8.01. The van der Waals surface area contributed by atoms with Crippen molar-refractivity contribution >= 4 is 0 Å². The molecule has 0 amide bonds. The summed E-state index contributed by atoms with van der Waals surface area (Å²) < 4.78 is 12.2. The molecule has 0 aromatic carbocycles. The van der Waals surface area contributed by atoms with Gasteiger partial charge in [0.15, 0.2) is 5.79 Å². The van der Waals surface area contributed by atoms with Gasteiger partial charge in [-0.2, -0.15) is 0 Å². The van der Waals surface area contributed by atoms with Crippen LogP contribution in [0, 0.1) is 0 Å². The minimum atomic E-state index is -0.177. The van der Waals surface area contributed by atoms with Crippen LogP contribution < -0.4 is 5.32 Å². The Bertz CT molecular complexity index is 257. The molecule has 3 aliphatic rings. The maximum atomic E-state index is 6.23. The molecular weight excluding hydrogens is 226 g/mol. The number of ether oxygens (including phenoxy) is 2. The smallest absolute Gasteiger partial charge is 0.169 e. The van der Waals surface area contributed by atoms with Crippen molar-refractivity contribution < 1.29 is 14.8 Å². The predicted octanol–water partition coefficient (Wildman–Crippen LogP) is 1.96. The van der Waals surface area contributed by atoms with Crippen molar-refractivity contribution in [2.24, 2.45) is 0 Å². The summed E-state index contributed by atoms with van der Waals surface area (Å²) in [4.78, 5) is 0. The Hall–Kier alpha value is -0.120. The number of rotatable bonds is 3. The zero-order valence-corrected chi connectivity index (χ0v) is 11.5. The predicted molar refractivity (Wildman–Crippen MR) is 70.3 cm³/mol. The minimum Gasteiger partial charge on any atom is -0.347 e. The van der Waals surface area contributed by atoms with Gasteiger partial charge in [-0.25, -0.2) is 0 Å². The highest BCUT2D eigenvalue weighted by Gasteiger charge is 2.42. The van der Waals surface area contributed by atoms with Crippen LogP contribution in [0.5, 0.6) is 0 Å². The van der Waals surface area contributed by atoms with Gasteiger partial charge in [0.1, 0.15) is 12.6 Å². The van der Waals surface area contributed by atoms with Crippen LogP contribution in [0.25, 0.3) is 0 Å². The van der Waals surface area contributed by atoms with Crippen LogP contribution in [-0.4, -0.2) is 31.1 Å². The van der Waals surface area contributed by atoms with E-state index in [1.807, 2.05) is 0 Å². The molecule has 1 spiro atoms. The molecule has 0 unspecified atom stereocenters. The Morgan fingerprint density at radius 1 is 0.944 bits per heavy atom.